The average Bonchev–Trinajstić information content (AvgIpc) is 2.66. The molecule has 1 N–H and O–H groups in total. The fraction of sp³-hybridized carbons (Fsp3) is 1.00. The van der Waals surface area contributed by atoms with Crippen LogP contribution in [0.3, 0.4) is 0 Å². The van der Waals surface area contributed by atoms with Gasteiger partial charge in [-0.05, 0) is 38.8 Å². The Labute approximate surface area is 101 Å². The minimum absolute atomic E-state index is 0.735. The van der Waals surface area contributed by atoms with E-state index in [4.69, 9.17) is 4.74 Å². The van der Waals surface area contributed by atoms with E-state index >= 15 is 0 Å². The first kappa shape index (κ1) is 13.9. The molecule has 0 radical (unpaired) electrons. The third-order valence-electron chi connectivity index (χ3n) is 3.16. The molecule has 0 aromatic carbocycles. The fourth-order valence-corrected chi connectivity index (χ4v) is 2.29. The lowest BCUT2D eigenvalue weighted by atomic mass is 10.2. The molecule has 0 aromatic rings. The van der Waals surface area contributed by atoms with Gasteiger partial charge in [0, 0.05) is 25.7 Å². The number of likely N-dealkylation sites (tertiary alicyclic amines) is 1. The molecule has 1 atom stereocenters. The molecule has 0 aromatic heterocycles. The van der Waals surface area contributed by atoms with E-state index in [2.05, 4.69) is 31.0 Å². The molecule has 1 fully saturated rings. The monoisotopic (exact) mass is 228 g/mol. The van der Waals surface area contributed by atoms with Gasteiger partial charge < -0.3 is 10.1 Å². The van der Waals surface area contributed by atoms with E-state index in [1.165, 1.54) is 19.4 Å². The molecule has 0 saturated carbocycles. The molecule has 0 aliphatic carbocycles. The summed E-state index contributed by atoms with van der Waals surface area (Å²) in [6, 6.07) is 0.735. The first-order valence-electron chi connectivity index (χ1n) is 6.76. The van der Waals surface area contributed by atoms with Crippen LogP contribution in [0.5, 0.6) is 0 Å². The van der Waals surface area contributed by atoms with Crippen LogP contribution in [0.25, 0.3) is 0 Å². The highest BCUT2D eigenvalue weighted by molar-refractivity contribution is 4.80. The summed E-state index contributed by atoms with van der Waals surface area (Å²) in [5.74, 6) is 0.748. The summed E-state index contributed by atoms with van der Waals surface area (Å²) >= 11 is 0. The van der Waals surface area contributed by atoms with E-state index in [1.54, 1.807) is 0 Å². The summed E-state index contributed by atoms with van der Waals surface area (Å²) in [5.41, 5.74) is 0. The van der Waals surface area contributed by atoms with Crippen molar-refractivity contribution in [2.24, 2.45) is 5.92 Å². The van der Waals surface area contributed by atoms with Crippen molar-refractivity contribution in [3.05, 3.63) is 0 Å². The molecule has 1 heterocycles. The van der Waals surface area contributed by atoms with Gasteiger partial charge in [0.25, 0.3) is 0 Å². The van der Waals surface area contributed by atoms with Crippen LogP contribution in [0.2, 0.25) is 0 Å². The lowest BCUT2D eigenvalue weighted by molar-refractivity contribution is 0.108. The normalized spacial score (nSPS) is 22.1. The van der Waals surface area contributed by atoms with E-state index in [0.29, 0.717) is 0 Å². The molecule has 1 saturated heterocycles. The second-order valence-corrected chi connectivity index (χ2v) is 5.08. The van der Waals surface area contributed by atoms with E-state index in [0.717, 1.165) is 44.8 Å². The predicted molar refractivity (Wildman–Crippen MR) is 68.8 cm³/mol. The van der Waals surface area contributed by atoms with Gasteiger partial charge in [-0.15, -0.1) is 0 Å². The molecule has 3 heteroatoms. The van der Waals surface area contributed by atoms with Gasteiger partial charge in [0.1, 0.15) is 0 Å². The summed E-state index contributed by atoms with van der Waals surface area (Å²) in [4.78, 5) is 2.57. The quantitative estimate of drug-likeness (QED) is 0.640. The molecular formula is C13H28N2O. The van der Waals surface area contributed by atoms with E-state index in [-0.39, 0.29) is 0 Å². The number of nitrogens with zero attached hydrogens (tertiary/aromatic N) is 1. The second-order valence-electron chi connectivity index (χ2n) is 5.08. The van der Waals surface area contributed by atoms with Gasteiger partial charge in [-0.1, -0.05) is 13.8 Å². The smallest absolute Gasteiger partial charge is 0.0593 e. The van der Waals surface area contributed by atoms with Crippen molar-refractivity contribution in [2.45, 2.75) is 39.7 Å². The van der Waals surface area contributed by atoms with Gasteiger partial charge in [0.2, 0.25) is 0 Å². The molecule has 3 nitrogen and oxygen atoms in total. The lowest BCUT2D eigenvalue weighted by Crippen LogP contribution is -2.40. The Kier molecular flexibility index (Phi) is 7.01. The third-order valence-corrected chi connectivity index (χ3v) is 3.16. The highest BCUT2D eigenvalue weighted by atomic mass is 16.5. The zero-order valence-electron chi connectivity index (χ0n) is 11.2. The molecule has 1 rings (SSSR count). The minimum Gasteiger partial charge on any atom is -0.380 e. The van der Waals surface area contributed by atoms with Gasteiger partial charge in [-0.2, -0.15) is 0 Å². The molecule has 1 unspecified atom stereocenters. The fourth-order valence-electron chi connectivity index (χ4n) is 2.29. The largest absolute Gasteiger partial charge is 0.380 e. The maximum Gasteiger partial charge on any atom is 0.0593 e. The van der Waals surface area contributed by atoms with E-state index < -0.39 is 0 Å². The van der Waals surface area contributed by atoms with Crippen molar-refractivity contribution in [1.29, 1.82) is 0 Å². The topological polar surface area (TPSA) is 24.5 Å². The van der Waals surface area contributed by atoms with Crippen LogP contribution in [0, 0.1) is 5.92 Å². The Hall–Kier alpha value is -0.120. The van der Waals surface area contributed by atoms with Crippen LogP contribution in [0.1, 0.15) is 33.6 Å². The molecule has 0 amide bonds. The van der Waals surface area contributed by atoms with E-state index in [1.807, 2.05) is 0 Å². The Morgan fingerprint density at radius 3 is 2.94 bits per heavy atom. The Balaban J connectivity index is 2.13. The van der Waals surface area contributed by atoms with Crippen LogP contribution in [-0.4, -0.2) is 50.3 Å². The third kappa shape index (κ3) is 5.28. The van der Waals surface area contributed by atoms with Crippen LogP contribution in [0.15, 0.2) is 0 Å². The van der Waals surface area contributed by atoms with Crippen LogP contribution >= 0.6 is 0 Å². The number of nitrogens with one attached hydrogen (secondary N) is 1. The number of hydrogen-bond acceptors (Lipinski definition) is 3. The van der Waals surface area contributed by atoms with Gasteiger partial charge in [-0.3, -0.25) is 4.90 Å². The van der Waals surface area contributed by atoms with E-state index in [9.17, 15) is 0 Å². The van der Waals surface area contributed by atoms with Crippen molar-refractivity contribution < 1.29 is 4.74 Å². The van der Waals surface area contributed by atoms with Crippen LogP contribution < -0.4 is 5.32 Å². The molecule has 1 aliphatic rings. The molecule has 0 bridgehead atoms. The summed E-state index contributed by atoms with van der Waals surface area (Å²) in [7, 11) is 0. The predicted octanol–water partition coefficient (Wildman–Crippen LogP) is 1.73. The van der Waals surface area contributed by atoms with Gasteiger partial charge in [0.15, 0.2) is 0 Å². The first-order chi connectivity index (χ1) is 7.74. The summed E-state index contributed by atoms with van der Waals surface area (Å²) in [6.07, 6.45) is 2.69. The number of rotatable bonds is 8. The molecular weight excluding hydrogens is 200 g/mol. The van der Waals surface area contributed by atoms with Crippen LogP contribution in [-0.2, 0) is 4.74 Å². The van der Waals surface area contributed by atoms with Crippen molar-refractivity contribution >= 4 is 0 Å². The Morgan fingerprint density at radius 1 is 1.44 bits per heavy atom. The molecule has 1 aliphatic heterocycles. The highest BCUT2D eigenvalue weighted by Gasteiger charge is 2.23. The Bertz CT molecular complexity index is 173. The van der Waals surface area contributed by atoms with Gasteiger partial charge in [-0.25, -0.2) is 0 Å². The number of hydrogen-bond donors (Lipinski definition) is 1. The highest BCUT2D eigenvalue weighted by Crippen LogP contribution is 2.15. The maximum absolute atomic E-state index is 5.42. The molecule has 0 spiro atoms. The standard InChI is InChI=1S/C13H28N2O/c1-4-16-9-8-15-7-5-6-13(15)11-14-10-12(2)3/h12-14H,4-11H2,1-3H3. The van der Waals surface area contributed by atoms with Crippen molar-refractivity contribution in [3.8, 4) is 0 Å². The number of ether oxygens (including phenoxy) is 1. The SMILES string of the molecule is CCOCCN1CCCC1CNCC(C)C. The van der Waals surface area contributed by atoms with Crippen molar-refractivity contribution in [3.63, 3.8) is 0 Å². The Morgan fingerprint density at radius 2 is 2.25 bits per heavy atom. The van der Waals surface area contributed by atoms with Gasteiger partial charge in [0.05, 0.1) is 6.61 Å². The first-order valence-corrected chi connectivity index (χ1v) is 6.76. The summed E-state index contributed by atoms with van der Waals surface area (Å²) < 4.78 is 5.42. The maximum atomic E-state index is 5.42. The minimum atomic E-state index is 0.735. The molecule has 16 heavy (non-hydrogen) atoms. The van der Waals surface area contributed by atoms with Crippen LogP contribution in [0.4, 0.5) is 0 Å². The average molecular weight is 228 g/mol. The van der Waals surface area contributed by atoms with Crippen molar-refractivity contribution in [2.75, 3.05) is 39.4 Å². The molecule has 96 valence electrons. The summed E-state index contributed by atoms with van der Waals surface area (Å²) in [5, 5.41) is 3.56. The zero-order chi connectivity index (χ0) is 11.8. The summed E-state index contributed by atoms with van der Waals surface area (Å²) in [6.45, 7) is 12.9. The lowest BCUT2D eigenvalue weighted by Gasteiger charge is -2.24. The zero-order valence-corrected chi connectivity index (χ0v) is 11.2. The second kappa shape index (κ2) is 8.04. The van der Waals surface area contributed by atoms with Gasteiger partial charge >= 0.3 is 0 Å². The van der Waals surface area contributed by atoms with Crippen molar-refractivity contribution in [1.82, 2.24) is 10.2 Å².